The summed E-state index contributed by atoms with van der Waals surface area (Å²) in [5, 5.41) is 16.8. The molecule has 0 bridgehead atoms. The number of alkyl carbamates (subject to hydrolysis) is 1. The molecular formula is C31H29N3O6S. The number of aromatic nitrogens is 1. The van der Waals surface area contributed by atoms with Crippen molar-refractivity contribution in [3.63, 3.8) is 0 Å². The first kappa shape index (κ1) is 28.0. The molecule has 10 heteroatoms. The van der Waals surface area contributed by atoms with E-state index in [2.05, 4.69) is 39.9 Å². The highest BCUT2D eigenvalue weighted by molar-refractivity contribution is 7.09. The molecule has 0 saturated heterocycles. The molecule has 0 spiro atoms. The SMILES string of the molecule is CC(OCc1ccccc1)C(NC(=O)c1csc(CNC(=O)OCC2c3ccccc3-c3ccccc32)n1)C(=O)O. The number of nitrogens with zero attached hydrogens (tertiary/aromatic N) is 1. The molecule has 4 aromatic rings. The minimum absolute atomic E-state index is 0.0513. The lowest BCUT2D eigenvalue weighted by atomic mass is 9.98. The molecule has 2 unspecified atom stereocenters. The minimum Gasteiger partial charge on any atom is -0.480 e. The van der Waals surface area contributed by atoms with Crippen LogP contribution in [0.5, 0.6) is 0 Å². The molecule has 9 nitrogen and oxygen atoms in total. The highest BCUT2D eigenvalue weighted by Gasteiger charge is 2.30. The Kier molecular flexibility index (Phi) is 8.71. The molecule has 2 amide bonds. The number of hydrogen-bond acceptors (Lipinski definition) is 7. The van der Waals surface area contributed by atoms with E-state index in [9.17, 15) is 19.5 Å². The number of ether oxygens (including phenoxy) is 2. The lowest BCUT2D eigenvalue weighted by molar-refractivity contribution is -0.143. The van der Waals surface area contributed by atoms with Crippen LogP contribution in [0.2, 0.25) is 0 Å². The third kappa shape index (κ3) is 6.62. The van der Waals surface area contributed by atoms with Crippen LogP contribution in [0.25, 0.3) is 11.1 Å². The zero-order chi connectivity index (χ0) is 28.8. The predicted octanol–water partition coefficient (Wildman–Crippen LogP) is 4.97. The van der Waals surface area contributed by atoms with Crippen LogP contribution in [0.3, 0.4) is 0 Å². The predicted molar refractivity (Wildman–Crippen MR) is 154 cm³/mol. The van der Waals surface area contributed by atoms with Crippen LogP contribution in [0.1, 0.15) is 45.0 Å². The Bertz CT molecular complexity index is 1490. The number of aliphatic carboxylic acids is 1. The molecule has 3 aromatic carbocycles. The first-order valence-corrected chi connectivity index (χ1v) is 14.0. The van der Waals surface area contributed by atoms with Gasteiger partial charge in [-0.1, -0.05) is 78.9 Å². The molecule has 3 N–H and O–H groups in total. The lowest BCUT2D eigenvalue weighted by Gasteiger charge is -2.21. The molecule has 0 saturated carbocycles. The molecule has 41 heavy (non-hydrogen) atoms. The van der Waals surface area contributed by atoms with Crippen molar-refractivity contribution in [3.8, 4) is 11.1 Å². The van der Waals surface area contributed by atoms with Gasteiger partial charge in [-0.05, 0) is 34.7 Å². The first-order valence-electron chi connectivity index (χ1n) is 13.1. The van der Waals surface area contributed by atoms with Gasteiger partial charge in [0.05, 0.1) is 19.3 Å². The average molecular weight is 572 g/mol. The Morgan fingerprint density at radius 1 is 0.951 bits per heavy atom. The number of fused-ring (bicyclic) bond motifs is 3. The maximum absolute atomic E-state index is 12.7. The highest BCUT2D eigenvalue weighted by Crippen LogP contribution is 2.44. The fourth-order valence-corrected chi connectivity index (χ4v) is 5.50. The van der Waals surface area contributed by atoms with E-state index in [-0.39, 0.29) is 31.4 Å². The van der Waals surface area contributed by atoms with Crippen LogP contribution in [0, 0.1) is 0 Å². The number of hydrogen-bond donors (Lipinski definition) is 3. The van der Waals surface area contributed by atoms with E-state index in [1.165, 1.54) is 16.7 Å². The van der Waals surface area contributed by atoms with Gasteiger partial charge in [-0.25, -0.2) is 14.6 Å². The Balaban J connectivity index is 1.11. The number of amides is 2. The van der Waals surface area contributed by atoms with Crippen molar-refractivity contribution in [1.82, 2.24) is 15.6 Å². The summed E-state index contributed by atoms with van der Waals surface area (Å²) < 4.78 is 11.2. The molecule has 0 radical (unpaired) electrons. The Morgan fingerprint density at radius 2 is 1.59 bits per heavy atom. The quantitative estimate of drug-likeness (QED) is 0.232. The van der Waals surface area contributed by atoms with Crippen molar-refractivity contribution >= 4 is 29.3 Å². The summed E-state index contributed by atoms with van der Waals surface area (Å²) in [4.78, 5) is 41.3. The van der Waals surface area contributed by atoms with Gasteiger partial charge in [0.2, 0.25) is 0 Å². The molecule has 1 aliphatic carbocycles. The lowest BCUT2D eigenvalue weighted by Crippen LogP contribution is -2.48. The third-order valence-corrected chi connectivity index (χ3v) is 7.74. The molecule has 1 aliphatic rings. The zero-order valence-electron chi connectivity index (χ0n) is 22.3. The van der Waals surface area contributed by atoms with Gasteiger partial charge < -0.3 is 25.2 Å². The molecule has 0 fully saturated rings. The van der Waals surface area contributed by atoms with Crippen LogP contribution in [-0.2, 0) is 27.4 Å². The monoisotopic (exact) mass is 571 g/mol. The maximum Gasteiger partial charge on any atom is 0.407 e. The van der Waals surface area contributed by atoms with Crippen molar-refractivity contribution in [2.24, 2.45) is 0 Å². The van der Waals surface area contributed by atoms with Crippen molar-refractivity contribution in [1.29, 1.82) is 0 Å². The topological polar surface area (TPSA) is 127 Å². The van der Waals surface area contributed by atoms with Gasteiger partial charge >= 0.3 is 12.1 Å². The number of carbonyl (C=O) groups excluding carboxylic acids is 2. The number of nitrogens with one attached hydrogen (secondary N) is 2. The van der Waals surface area contributed by atoms with Crippen molar-refractivity contribution < 1.29 is 29.0 Å². The summed E-state index contributed by atoms with van der Waals surface area (Å²) in [5.74, 6) is -1.91. The fraction of sp³-hybridized carbons (Fsp3) is 0.226. The van der Waals surface area contributed by atoms with E-state index in [1.807, 2.05) is 54.6 Å². The van der Waals surface area contributed by atoms with Crippen LogP contribution in [0.15, 0.2) is 84.2 Å². The molecule has 210 valence electrons. The first-order chi connectivity index (χ1) is 19.9. The summed E-state index contributed by atoms with van der Waals surface area (Å²) in [5.41, 5.74) is 5.48. The number of rotatable bonds is 11. The Labute approximate surface area is 241 Å². The summed E-state index contributed by atoms with van der Waals surface area (Å²) in [6.07, 6.45) is -1.38. The van der Waals surface area contributed by atoms with Crippen LogP contribution in [0.4, 0.5) is 4.79 Å². The number of carbonyl (C=O) groups is 3. The minimum atomic E-state index is -1.27. The number of carboxylic acid groups (broad SMARTS) is 1. The van der Waals surface area contributed by atoms with Gasteiger partial charge in [-0.2, -0.15) is 0 Å². The summed E-state index contributed by atoms with van der Waals surface area (Å²) in [6.45, 7) is 2.05. The number of carboxylic acids is 1. The fourth-order valence-electron chi connectivity index (χ4n) is 4.79. The Hall–Kier alpha value is -4.54. The average Bonchev–Trinajstić information content (AvgIpc) is 3.60. The number of thiazole rings is 1. The van der Waals surface area contributed by atoms with Crippen molar-refractivity contribution in [2.75, 3.05) is 6.61 Å². The second-order valence-corrected chi connectivity index (χ2v) is 10.5. The van der Waals surface area contributed by atoms with Gasteiger partial charge in [-0.3, -0.25) is 4.79 Å². The van der Waals surface area contributed by atoms with Crippen molar-refractivity contribution in [2.45, 2.75) is 38.1 Å². The van der Waals surface area contributed by atoms with E-state index in [0.29, 0.717) is 5.01 Å². The third-order valence-electron chi connectivity index (χ3n) is 6.89. The molecular weight excluding hydrogens is 542 g/mol. The van der Waals surface area contributed by atoms with Crippen molar-refractivity contribution in [3.05, 3.63) is 112 Å². The van der Waals surface area contributed by atoms with Crippen LogP contribution >= 0.6 is 11.3 Å². The van der Waals surface area contributed by atoms with E-state index in [0.717, 1.165) is 27.8 Å². The number of benzene rings is 3. The molecule has 5 rings (SSSR count). The molecule has 1 aromatic heterocycles. The second kappa shape index (κ2) is 12.8. The van der Waals surface area contributed by atoms with Crippen LogP contribution in [-0.4, -0.2) is 46.8 Å². The molecule has 1 heterocycles. The second-order valence-electron chi connectivity index (χ2n) is 9.60. The van der Waals surface area contributed by atoms with Crippen LogP contribution < -0.4 is 10.6 Å². The largest absolute Gasteiger partial charge is 0.480 e. The highest BCUT2D eigenvalue weighted by atomic mass is 32.1. The van der Waals surface area contributed by atoms with E-state index < -0.39 is 30.1 Å². The van der Waals surface area contributed by atoms with Gasteiger partial charge in [0.25, 0.3) is 5.91 Å². The van der Waals surface area contributed by atoms with E-state index in [4.69, 9.17) is 9.47 Å². The van der Waals surface area contributed by atoms with Gasteiger partial charge in [0, 0.05) is 11.3 Å². The smallest absolute Gasteiger partial charge is 0.407 e. The summed E-state index contributed by atoms with van der Waals surface area (Å²) in [7, 11) is 0. The van der Waals surface area contributed by atoms with Gasteiger partial charge in [0.1, 0.15) is 17.3 Å². The Morgan fingerprint density at radius 3 is 2.24 bits per heavy atom. The van der Waals surface area contributed by atoms with E-state index >= 15 is 0 Å². The van der Waals surface area contributed by atoms with E-state index in [1.54, 1.807) is 6.92 Å². The summed E-state index contributed by atoms with van der Waals surface area (Å²) >= 11 is 1.18. The maximum atomic E-state index is 12.7. The molecule has 0 aliphatic heterocycles. The standard InChI is InChI=1S/C31H29N3O6S/c1-19(39-16-20-9-3-2-4-10-20)28(30(36)37)34-29(35)26-18-41-27(33-26)15-32-31(38)40-17-25-23-13-7-5-11-21(23)22-12-6-8-14-24(22)25/h2-14,18-19,25,28H,15-17H2,1H3,(H,32,38)(H,34,35)(H,36,37). The van der Waals surface area contributed by atoms with Gasteiger partial charge in [0.15, 0.2) is 6.04 Å². The van der Waals surface area contributed by atoms with Gasteiger partial charge in [-0.15, -0.1) is 11.3 Å². The summed E-state index contributed by atoms with van der Waals surface area (Å²) in [6, 6.07) is 24.3. The zero-order valence-corrected chi connectivity index (χ0v) is 23.1. The normalized spacial score (nSPS) is 13.5. The molecule has 2 atom stereocenters.